The second kappa shape index (κ2) is 9.17. The van der Waals surface area contributed by atoms with Crippen molar-refractivity contribution in [3.63, 3.8) is 0 Å². The molecule has 3 aromatic carbocycles. The first-order chi connectivity index (χ1) is 16.1. The lowest BCUT2D eigenvalue weighted by Crippen LogP contribution is -2.14. The van der Waals surface area contributed by atoms with Crippen LogP contribution in [0.1, 0.15) is 11.1 Å². The van der Waals surface area contributed by atoms with Crippen LogP contribution < -0.4 is 24.4 Å². The number of rotatable bonds is 6. The molecular formula is C25H19BrO7. The van der Waals surface area contributed by atoms with Gasteiger partial charge in [0.1, 0.15) is 41.5 Å². The van der Waals surface area contributed by atoms with E-state index >= 15 is 0 Å². The maximum absolute atomic E-state index is 12.9. The van der Waals surface area contributed by atoms with Crippen LogP contribution in [0.2, 0.25) is 0 Å². The minimum atomic E-state index is -0.270. The number of benzene rings is 3. The van der Waals surface area contributed by atoms with Crippen LogP contribution in [0.3, 0.4) is 0 Å². The van der Waals surface area contributed by atoms with Crippen LogP contribution in [0.25, 0.3) is 11.0 Å². The summed E-state index contributed by atoms with van der Waals surface area (Å²) in [6, 6.07) is 15.9. The Hall–Kier alpha value is -3.49. The molecule has 33 heavy (non-hydrogen) atoms. The fourth-order valence-corrected chi connectivity index (χ4v) is 4.10. The number of methoxy groups -OCH3 is 1. The highest BCUT2D eigenvalue weighted by atomic mass is 79.9. The van der Waals surface area contributed by atoms with E-state index in [-0.39, 0.29) is 24.6 Å². The number of fused-ring (bicyclic) bond motifs is 2. The maximum atomic E-state index is 12.9. The second-order valence-corrected chi connectivity index (χ2v) is 8.23. The summed E-state index contributed by atoms with van der Waals surface area (Å²) in [5.74, 6) is 2.64. The van der Waals surface area contributed by atoms with Gasteiger partial charge >= 0.3 is 0 Å². The molecular weight excluding hydrogens is 492 g/mol. The van der Waals surface area contributed by atoms with Crippen LogP contribution in [-0.4, -0.2) is 13.9 Å². The summed E-state index contributed by atoms with van der Waals surface area (Å²) in [6.45, 7) is 0.990. The largest absolute Gasteiger partial charge is 0.497 e. The fraction of sp³-hybridized carbons (Fsp3) is 0.160. The van der Waals surface area contributed by atoms with Crippen molar-refractivity contribution in [1.82, 2.24) is 0 Å². The van der Waals surface area contributed by atoms with Crippen molar-refractivity contribution >= 4 is 26.9 Å². The Morgan fingerprint density at radius 1 is 1.00 bits per heavy atom. The summed E-state index contributed by atoms with van der Waals surface area (Å²) in [7, 11) is 1.58. The molecule has 168 valence electrons. The first-order valence-electron chi connectivity index (χ1n) is 10.1. The molecule has 7 nitrogen and oxygen atoms in total. The van der Waals surface area contributed by atoms with Gasteiger partial charge in [-0.1, -0.05) is 15.9 Å². The lowest BCUT2D eigenvalue weighted by molar-refractivity contribution is -0.0176. The van der Waals surface area contributed by atoms with E-state index in [1.165, 1.54) is 6.26 Å². The molecule has 0 atom stereocenters. The van der Waals surface area contributed by atoms with Crippen molar-refractivity contribution in [1.29, 1.82) is 0 Å². The molecule has 0 aliphatic carbocycles. The first kappa shape index (κ1) is 21.4. The van der Waals surface area contributed by atoms with Crippen molar-refractivity contribution < 1.29 is 28.1 Å². The lowest BCUT2D eigenvalue weighted by Gasteiger charge is -2.21. The zero-order valence-corrected chi connectivity index (χ0v) is 19.2. The third-order valence-electron chi connectivity index (χ3n) is 5.15. The van der Waals surface area contributed by atoms with Crippen LogP contribution in [0.15, 0.2) is 74.5 Å². The summed E-state index contributed by atoms with van der Waals surface area (Å²) in [5.41, 5.74) is 1.99. The van der Waals surface area contributed by atoms with Gasteiger partial charge in [0, 0.05) is 21.7 Å². The van der Waals surface area contributed by atoms with Gasteiger partial charge in [0.2, 0.25) is 11.2 Å². The van der Waals surface area contributed by atoms with Crippen molar-refractivity contribution in [2.75, 3.05) is 13.9 Å². The smallest absolute Gasteiger partial charge is 0.235 e. The zero-order chi connectivity index (χ0) is 22.8. The first-order valence-corrected chi connectivity index (χ1v) is 10.9. The Labute approximate surface area is 197 Å². The number of ether oxygens (including phenoxy) is 5. The highest BCUT2D eigenvalue weighted by Gasteiger charge is 2.17. The molecule has 0 radical (unpaired) electrons. The summed E-state index contributed by atoms with van der Waals surface area (Å²) >= 11 is 3.51. The lowest BCUT2D eigenvalue weighted by atomic mass is 10.1. The minimum absolute atomic E-state index is 0.0986. The van der Waals surface area contributed by atoms with Gasteiger partial charge in [-0.3, -0.25) is 4.79 Å². The number of hydrogen-bond acceptors (Lipinski definition) is 7. The third kappa shape index (κ3) is 4.53. The van der Waals surface area contributed by atoms with Crippen LogP contribution in [0.4, 0.5) is 0 Å². The predicted molar refractivity (Wildman–Crippen MR) is 124 cm³/mol. The van der Waals surface area contributed by atoms with E-state index < -0.39 is 0 Å². The van der Waals surface area contributed by atoms with Gasteiger partial charge in [0.05, 0.1) is 19.1 Å². The maximum Gasteiger partial charge on any atom is 0.235 e. The Morgan fingerprint density at radius 2 is 1.79 bits per heavy atom. The van der Waals surface area contributed by atoms with Gasteiger partial charge in [-0.2, -0.15) is 0 Å². The third-order valence-corrected chi connectivity index (χ3v) is 5.61. The highest BCUT2D eigenvalue weighted by Crippen LogP contribution is 2.33. The summed E-state index contributed by atoms with van der Waals surface area (Å²) < 4.78 is 34.4. The average Bonchev–Trinajstić information content (AvgIpc) is 2.84. The number of hydrogen-bond donors (Lipinski definition) is 0. The topological polar surface area (TPSA) is 76.4 Å². The fourth-order valence-electron chi connectivity index (χ4n) is 3.55. The van der Waals surface area contributed by atoms with Crippen LogP contribution in [0.5, 0.6) is 28.7 Å². The van der Waals surface area contributed by atoms with E-state index in [1.807, 2.05) is 12.1 Å². The SMILES string of the molecule is COc1ccc(Oc2coc3cc(OCc4cc(Br)cc5c4OCOC5)ccc3c2=O)cc1. The van der Waals surface area contributed by atoms with E-state index in [2.05, 4.69) is 15.9 Å². The van der Waals surface area contributed by atoms with Crippen molar-refractivity contribution in [2.45, 2.75) is 13.2 Å². The monoisotopic (exact) mass is 510 g/mol. The van der Waals surface area contributed by atoms with E-state index in [9.17, 15) is 4.79 Å². The molecule has 0 unspecified atom stereocenters. The van der Waals surface area contributed by atoms with Crippen LogP contribution >= 0.6 is 15.9 Å². The molecule has 0 fully saturated rings. The minimum Gasteiger partial charge on any atom is -0.497 e. The molecule has 0 bridgehead atoms. The quantitative estimate of drug-likeness (QED) is 0.324. The van der Waals surface area contributed by atoms with Gasteiger partial charge in [-0.25, -0.2) is 0 Å². The van der Waals surface area contributed by atoms with Gasteiger partial charge in [0.25, 0.3) is 0 Å². The molecule has 1 aromatic heterocycles. The summed E-state index contributed by atoms with van der Waals surface area (Å²) in [4.78, 5) is 12.9. The molecule has 1 aliphatic rings. The van der Waals surface area contributed by atoms with Gasteiger partial charge in [0.15, 0.2) is 6.79 Å². The molecule has 0 saturated carbocycles. The Balaban J connectivity index is 1.35. The molecule has 8 heteroatoms. The predicted octanol–water partition coefficient (Wildman–Crippen LogP) is 5.80. The summed E-state index contributed by atoms with van der Waals surface area (Å²) in [5, 5.41) is 0.397. The number of halogens is 1. The molecule has 0 saturated heterocycles. The van der Waals surface area contributed by atoms with E-state index in [0.717, 1.165) is 21.3 Å². The molecule has 4 aromatic rings. The Bertz CT molecular complexity index is 1360. The Morgan fingerprint density at radius 3 is 2.61 bits per heavy atom. The van der Waals surface area contributed by atoms with Crippen molar-refractivity contribution in [2.24, 2.45) is 0 Å². The summed E-state index contributed by atoms with van der Waals surface area (Å²) in [6.07, 6.45) is 1.30. The van der Waals surface area contributed by atoms with Gasteiger partial charge in [-0.05, 0) is 48.5 Å². The van der Waals surface area contributed by atoms with Crippen molar-refractivity contribution in [3.05, 3.63) is 86.7 Å². The molecule has 5 rings (SSSR count). The standard InChI is InChI=1S/C25H19BrO7/c1-28-18-2-4-19(5-3-18)33-23-13-31-22-10-20(6-7-21(22)24(23)27)30-12-16-9-17(26)8-15-11-29-14-32-25(15)16/h2-10,13H,11-12,14H2,1H3. The average molecular weight is 511 g/mol. The van der Waals surface area contributed by atoms with E-state index in [4.69, 9.17) is 28.1 Å². The van der Waals surface area contributed by atoms with Gasteiger partial charge < -0.3 is 28.1 Å². The molecule has 0 amide bonds. The normalized spacial score (nSPS) is 12.7. The van der Waals surface area contributed by atoms with Gasteiger partial charge in [-0.15, -0.1) is 0 Å². The van der Waals surface area contributed by atoms with E-state index in [0.29, 0.717) is 34.8 Å². The molecule has 2 heterocycles. The molecule has 0 spiro atoms. The second-order valence-electron chi connectivity index (χ2n) is 7.32. The van der Waals surface area contributed by atoms with Crippen LogP contribution in [0, 0.1) is 0 Å². The molecule has 1 aliphatic heterocycles. The highest BCUT2D eigenvalue weighted by molar-refractivity contribution is 9.10. The zero-order valence-electron chi connectivity index (χ0n) is 17.6. The molecule has 0 N–H and O–H groups in total. The van der Waals surface area contributed by atoms with E-state index in [1.54, 1.807) is 49.6 Å². The van der Waals surface area contributed by atoms with Crippen molar-refractivity contribution in [3.8, 4) is 28.7 Å². The van der Waals surface area contributed by atoms with Crippen LogP contribution in [-0.2, 0) is 18.0 Å². The Kier molecular flexibility index (Phi) is 5.93.